The van der Waals surface area contributed by atoms with E-state index >= 15 is 0 Å². The molecule has 0 aliphatic heterocycles. The van der Waals surface area contributed by atoms with Crippen LogP contribution in [0.5, 0.6) is 0 Å². The van der Waals surface area contributed by atoms with Crippen LogP contribution < -0.4 is 16.4 Å². The second kappa shape index (κ2) is 7.48. The van der Waals surface area contributed by atoms with Crippen molar-refractivity contribution in [2.45, 2.75) is 46.1 Å². The minimum absolute atomic E-state index is 0.114. The van der Waals surface area contributed by atoms with E-state index in [4.69, 9.17) is 0 Å². The van der Waals surface area contributed by atoms with Gasteiger partial charge in [-0.1, -0.05) is 20.3 Å². The quantitative estimate of drug-likeness (QED) is 0.572. The number of aromatic nitrogens is 3. The molecule has 0 saturated carbocycles. The highest BCUT2D eigenvalue weighted by Gasteiger charge is 2.18. The molecule has 0 spiro atoms. The number of H-pyrrole nitrogens is 2. The Morgan fingerprint density at radius 1 is 1.42 bits per heavy atom. The molecule has 132 valence electrons. The van der Waals surface area contributed by atoms with Crippen LogP contribution in [0.3, 0.4) is 0 Å². The number of nitrogens with zero attached hydrogens (tertiary/aromatic N) is 1. The van der Waals surface area contributed by atoms with Crippen LogP contribution in [0.25, 0.3) is 5.65 Å². The molecule has 0 bridgehead atoms. The molecule has 0 fully saturated rings. The lowest BCUT2D eigenvalue weighted by Gasteiger charge is -2.22. The van der Waals surface area contributed by atoms with Crippen molar-refractivity contribution in [1.82, 2.24) is 19.9 Å². The van der Waals surface area contributed by atoms with E-state index in [-0.39, 0.29) is 48.4 Å². The molecule has 4 N–H and O–H groups in total. The zero-order chi connectivity index (χ0) is 17.9. The van der Waals surface area contributed by atoms with Crippen LogP contribution in [-0.2, 0) is 11.2 Å². The highest BCUT2D eigenvalue weighted by atomic mass is 16.3. The van der Waals surface area contributed by atoms with E-state index in [0.29, 0.717) is 16.9 Å². The van der Waals surface area contributed by atoms with Gasteiger partial charge in [0.15, 0.2) is 0 Å². The van der Waals surface area contributed by atoms with E-state index in [1.54, 1.807) is 6.92 Å². The molecule has 2 aromatic rings. The monoisotopic (exact) mass is 336 g/mol. The van der Waals surface area contributed by atoms with Gasteiger partial charge < -0.3 is 15.4 Å². The minimum atomic E-state index is -0.364. The van der Waals surface area contributed by atoms with Crippen LogP contribution in [-0.4, -0.2) is 38.3 Å². The van der Waals surface area contributed by atoms with Gasteiger partial charge in [0.2, 0.25) is 5.91 Å². The topological polar surface area (TPSA) is 119 Å². The number of carbonyl (C=O) groups is 1. The fourth-order valence-corrected chi connectivity index (χ4v) is 2.67. The number of aliphatic hydroxyl groups is 1. The third-order valence-corrected chi connectivity index (χ3v) is 4.44. The molecule has 2 rings (SSSR count). The summed E-state index contributed by atoms with van der Waals surface area (Å²) in [6, 6.07) is 1.02. The first-order valence-electron chi connectivity index (χ1n) is 8.11. The summed E-state index contributed by atoms with van der Waals surface area (Å²) in [5.41, 5.74) is 0.780. The highest BCUT2D eigenvalue weighted by Crippen LogP contribution is 2.08. The van der Waals surface area contributed by atoms with E-state index in [2.05, 4.69) is 15.4 Å². The molecule has 0 aliphatic rings. The molecule has 0 radical (unpaired) electrons. The molecular formula is C16H24N4O4. The van der Waals surface area contributed by atoms with Crippen LogP contribution in [0.2, 0.25) is 0 Å². The maximum absolute atomic E-state index is 12.4. The van der Waals surface area contributed by atoms with E-state index in [1.807, 2.05) is 13.8 Å². The van der Waals surface area contributed by atoms with Crippen molar-refractivity contribution in [3.8, 4) is 0 Å². The Kier molecular flexibility index (Phi) is 5.61. The maximum atomic E-state index is 12.4. The fraction of sp³-hybridized carbons (Fsp3) is 0.562. The summed E-state index contributed by atoms with van der Waals surface area (Å²) in [6.07, 6.45) is 1.23. The average molecular weight is 336 g/mol. The van der Waals surface area contributed by atoms with Crippen LogP contribution >= 0.6 is 0 Å². The van der Waals surface area contributed by atoms with Gasteiger partial charge in [0, 0.05) is 23.7 Å². The molecule has 8 heteroatoms. The van der Waals surface area contributed by atoms with Crippen molar-refractivity contribution in [3.63, 3.8) is 0 Å². The van der Waals surface area contributed by atoms with Crippen LogP contribution in [0.4, 0.5) is 0 Å². The predicted octanol–water partition coefficient (Wildman–Crippen LogP) is 0.0801. The summed E-state index contributed by atoms with van der Waals surface area (Å²) in [4.78, 5) is 38.8. The number of hydrogen-bond acceptors (Lipinski definition) is 4. The molecule has 0 aromatic carbocycles. The Morgan fingerprint density at radius 3 is 2.75 bits per heavy atom. The summed E-state index contributed by atoms with van der Waals surface area (Å²) >= 11 is 0. The molecule has 0 aliphatic carbocycles. The Balaban J connectivity index is 2.11. The first-order valence-corrected chi connectivity index (χ1v) is 8.11. The van der Waals surface area contributed by atoms with Crippen LogP contribution in [0.15, 0.2) is 15.7 Å². The zero-order valence-electron chi connectivity index (χ0n) is 14.2. The number of rotatable bonds is 7. The van der Waals surface area contributed by atoms with Gasteiger partial charge in [-0.15, -0.1) is 0 Å². The molecule has 0 saturated heterocycles. The smallest absolute Gasteiger partial charge is 0.276 e. The second-order valence-electron chi connectivity index (χ2n) is 6.12. The second-order valence-corrected chi connectivity index (χ2v) is 6.12. The summed E-state index contributed by atoms with van der Waals surface area (Å²) in [6.45, 7) is 5.58. The van der Waals surface area contributed by atoms with Crippen LogP contribution in [0, 0.1) is 12.8 Å². The Bertz CT molecular complexity index is 833. The molecule has 24 heavy (non-hydrogen) atoms. The number of aliphatic hydroxyl groups excluding tert-OH is 1. The number of aryl methyl sites for hydroxylation is 1. The molecule has 2 heterocycles. The molecule has 0 unspecified atom stereocenters. The van der Waals surface area contributed by atoms with Gasteiger partial charge in [-0.05, 0) is 19.3 Å². The van der Waals surface area contributed by atoms with E-state index in [1.165, 1.54) is 6.07 Å². The maximum Gasteiger partial charge on any atom is 0.276 e. The van der Waals surface area contributed by atoms with Gasteiger partial charge in [0.25, 0.3) is 11.1 Å². The standard InChI is InChI=1S/C16H24N4O4/c1-4-9(2)12(8-21)18-14(22)6-5-11-10(3)17-13-7-15(23)19-20(13)16(11)24/h7,9,12,17,21H,4-6,8H2,1-3H3,(H,18,22)(H,19,23)/t9-,12+/m0/s1. The Morgan fingerprint density at radius 2 is 2.12 bits per heavy atom. The van der Waals surface area contributed by atoms with Gasteiger partial charge in [-0.25, -0.2) is 4.52 Å². The third kappa shape index (κ3) is 3.76. The molecule has 2 aromatic heterocycles. The van der Waals surface area contributed by atoms with Crippen LogP contribution in [0.1, 0.15) is 37.9 Å². The summed E-state index contributed by atoms with van der Waals surface area (Å²) < 4.78 is 1.15. The number of nitrogens with one attached hydrogen (secondary N) is 3. The number of carbonyl (C=O) groups excluding carboxylic acids is 1. The fourth-order valence-electron chi connectivity index (χ4n) is 2.67. The largest absolute Gasteiger partial charge is 0.394 e. The summed E-state index contributed by atoms with van der Waals surface area (Å²) in [5.74, 6) is -0.0420. The SMILES string of the molecule is CC[C@H](C)[C@@H](CO)NC(=O)CCc1c(C)[nH]c2cc(=O)[nH]n2c1=O. The van der Waals surface area contributed by atoms with Crippen molar-refractivity contribution in [2.75, 3.05) is 6.61 Å². The first-order chi connectivity index (χ1) is 11.4. The van der Waals surface area contributed by atoms with E-state index in [9.17, 15) is 19.5 Å². The average Bonchev–Trinajstić information content (AvgIpc) is 2.92. The van der Waals surface area contributed by atoms with E-state index in [0.717, 1.165) is 10.9 Å². The number of hydrogen-bond donors (Lipinski definition) is 4. The normalized spacial score (nSPS) is 13.8. The van der Waals surface area contributed by atoms with Crippen molar-refractivity contribution in [3.05, 3.63) is 38.0 Å². The van der Waals surface area contributed by atoms with Gasteiger partial charge in [-0.2, -0.15) is 0 Å². The first kappa shape index (κ1) is 18.0. The number of amides is 1. The summed E-state index contributed by atoms with van der Waals surface area (Å²) in [5, 5.41) is 14.6. The van der Waals surface area contributed by atoms with Crippen molar-refractivity contribution < 1.29 is 9.90 Å². The van der Waals surface area contributed by atoms with E-state index < -0.39 is 0 Å². The lowest BCUT2D eigenvalue weighted by atomic mass is 9.99. The molecule has 1 amide bonds. The lowest BCUT2D eigenvalue weighted by molar-refractivity contribution is -0.122. The Hall–Kier alpha value is -2.35. The van der Waals surface area contributed by atoms with Crippen molar-refractivity contribution >= 4 is 11.6 Å². The predicted molar refractivity (Wildman–Crippen MR) is 90.2 cm³/mol. The highest BCUT2D eigenvalue weighted by molar-refractivity contribution is 5.76. The lowest BCUT2D eigenvalue weighted by Crippen LogP contribution is -2.42. The van der Waals surface area contributed by atoms with Crippen molar-refractivity contribution in [2.24, 2.45) is 5.92 Å². The van der Waals surface area contributed by atoms with Gasteiger partial charge in [0.05, 0.1) is 12.6 Å². The molecular weight excluding hydrogens is 312 g/mol. The van der Waals surface area contributed by atoms with Gasteiger partial charge in [-0.3, -0.25) is 19.5 Å². The third-order valence-electron chi connectivity index (χ3n) is 4.44. The Labute approximate surface area is 138 Å². The minimum Gasteiger partial charge on any atom is -0.394 e. The van der Waals surface area contributed by atoms with Gasteiger partial charge in [0.1, 0.15) is 5.65 Å². The molecule has 2 atom stereocenters. The van der Waals surface area contributed by atoms with Crippen molar-refractivity contribution in [1.29, 1.82) is 0 Å². The van der Waals surface area contributed by atoms with Gasteiger partial charge >= 0.3 is 0 Å². The molecule has 8 nitrogen and oxygen atoms in total. The zero-order valence-corrected chi connectivity index (χ0v) is 14.2. The number of fused-ring (bicyclic) bond motifs is 1. The number of aromatic amines is 2. The summed E-state index contributed by atoms with van der Waals surface area (Å²) in [7, 11) is 0.